The van der Waals surface area contributed by atoms with Crippen LogP contribution in [0.2, 0.25) is 0 Å². The topological polar surface area (TPSA) is 108 Å². The molecule has 0 saturated carbocycles. The molecule has 0 aliphatic carbocycles. The fourth-order valence-electron chi connectivity index (χ4n) is 7.16. The van der Waals surface area contributed by atoms with Gasteiger partial charge in [0.25, 0.3) is 0 Å². The Labute approximate surface area is 204 Å². The summed E-state index contributed by atoms with van der Waals surface area (Å²) in [6.45, 7) is 16.0. The van der Waals surface area contributed by atoms with Gasteiger partial charge in [-0.2, -0.15) is 0 Å². The highest BCUT2D eigenvalue weighted by Gasteiger charge is 2.78. The summed E-state index contributed by atoms with van der Waals surface area (Å²) in [5.41, 5.74) is -2.39. The molecule has 3 saturated heterocycles. The Morgan fingerprint density at radius 2 is 1.82 bits per heavy atom. The van der Waals surface area contributed by atoms with E-state index in [0.29, 0.717) is 12.8 Å². The number of fused-ring (bicyclic) bond motifs is 1. The van der Waals surface area contributed by atoms with E-state index in [9.17, 15) is 19.5 Å². The second kappa shape index (κ2) is 8.77. The molecule has 0 aromatic carbocycles. The molecule has 3 amide bonds. The first-order valence-electron chi connectivity index (χ1n) is 12.7. The normalized spacial score (nSPS) is 34.7. The zero-order valence-corrected chi connectivity index (χ0v) is 22.4. The van der Waals surface area contributed by atoms with Crippen molar-refractivity contribution in [1.82, 2.24) is 15.5 Å². The third-order valence-electron chi connectivity index (χ3n) is 8.27. The summed E-state index contributed by atoms with van der Waals surface area (Å²) in [4.78, 5) is 42.6. The molecule has 3 aliphatic heterocycles. The molecule has 34 heavy (non-hydrogen) atoms. The first-order chi connectivity index (χ1) is 15.6. The standard InChI is InChI=1S/C26H45N3O5/c1-10-15(2)16(13-30)29-19(21(32)28-24(6,7)14-23(3,4)5)26-12-11-25(8,34-26)17(20(31)27-9)18(26)22(29)33/h15-19,30H,10-14H2,1-9H3,(H,27,31)(H,28,32)/t15-,16-,17-,18-,19?,25+,26?/m0/s1. The van der Waals surface area contributed by atoms with Gasteiger partial charge < -0.3 is 25.4 Å². The maximum atomic E-state index is 14.0. The van der Waals surface area contributed by atoms with Crippen LogP contribution in [-0.2, 0) is 19.1 Å². The number of nitrogens with one attached hydrogen (secondary N) is 2. The summed E-state index contributed by atoms with van der Waals surface area (Å²) in [7, 11) is 1.57. The largest absolute Gasteiger partial charge is 0.394 e. The minimum Gasteiger partial charge on any atom is -0.394 e. The lowest BCUT2D eigenvalue weighted by Gasteiger charge is -2.41. The smallest absolute Gasteiger partial charge is 0.246 e. The molecule has 3 aliphatic rings. The van der Waals surface area contributed by atoms with Crippen LogP contribution in [0.15, 0.2) is 0 Å². The number of nitrogens with zero attached hydrogens (tertiary/aromatic N) is 1. The minimum absolute atomic E-state index is 0.00670. The lowest BCUT2D eigenvalue weighted by atomic mass is 9.66. The van der Waals surface area contributed by atoms with Crippen molar-refractivity contribution < 1.29 is 24.2 Å². The van der Waals surface area contributed by atoms with Gasteiger partial charge in [-0.3, -0.25) is 14.4 Å². The van der Waals surface area contributed by atoms with Crippen LogP contribution in [0.1, 0.15) is 81.1 Å². The predicted molar refractivity (Wildman–Crippen MR) is 130 cm³/mol. The molecule has 8 heteroatoms. The van der Waals surface area contributed by atoms with E-state index >= 15 is 0 Å². The van der Waals surface area contributed by atoms with Crippen molar-refractivity contribution >= 4 is 17.7 Å². The highest BCUT2D eigenvalue weighted by Crippen LogP contribution is 2.63. The van der Waals surface area contributed by atoms with Crippen LogP contribution in [0, 0.1) is 23.2 Å². The van der Waals surface area contributed by atoms with Crippen LogP contribution >= 0.6 is 0 Å². The van der Waals surface area contributed by atoms with Crippen LogP contribution in [0.25, 0.3) is 0 Å². The number of aliphatic hydroxyl groups excluding tert-OH is 1. The summed E-state index contributed by atoms with van der Waals surface area (Å²) in [6, 6.07) is -1.42. The van der Waals surface area contributed by atoms with E-state index < -0.39 is 40.7 Å². The highest BCUT2D eigenvalue weighted by atomic mass is 16.5. The van der Waals surface area contributed by atoms with Crippen LogP contribution in [0.4, 0.5) is 0 Å². The second-order valence-corrected chi connectivity index (χ2v) is 12.8. The van der Waals surface area contributed by atoms with E-state index in [1.807, 2.05) is 34.6 Å². The average Bonchev–Trinajstić information content (AvgIpc) is 3.27. The van der Waals surface area contributed by atoms with E-state index in [-0.39, 0.29) is 35.7 Å². The van der Waals surface area contributed by atoms with Crippen molar-refractivity contribution in [2.24, 2.45) is 23.2 Å². The van der Waals surface area contributed by atoms with Gasteiger partial charge in [-0.15, -0.1) is 0 Å². The number of carbonyl (C=O) groups excluding carboxylic acids is 3. The number of rotatable bonds is 8. The van der Waals surface area contributed by atoms with E-state index in [1.54, 1.807) is 11.9 Å². The van der Waals surface area contributed by atoms with Crippen molar-refractivity contribution in [3.05, 3.63) is 0 Å². The highest BCUT2D eigenvalue weighted by molar-refractivity contribution is 5.99. The quantitative estimate of drug-likeness (QED) is 0.495. The summed E-state index contributed by atoms with van der Waals surface area (Å²) in [5.74, 6) is -2.20. The third kappa shape index (κ3) is 4.25. The molecule has 3 rings (SSSR count). The second-order valence-electron chi connectivity index (χ2n) is 12.8. The Morgan fingerprint density at radius 1 is 1.21 bits per heavy atom. The number of hydrogen-bond donors (Lipinski definition) is 3. The minimum atomic E-state index is -1.08. The summed E-state index contributed by atoms with van der Waals surface area (Å²) in [6.07, 6.45) is 2.62. The number of carbonyl (C=O) groups is 3. The number of likely N-dealkylation sites (tertiary alicyclic amines) is 1. The predicted octanol–water partition coefficient (Wildman–Crippen LogP) is 2.24. The molecule has 3 heterocycles. The van der Waals surface area contributed by atoms with Gasteiger partial charge in [0.05, 0.1) is 30.1 Å². The number of hydrogen-bond acceptors (Lipinski definition) is 5. The number of aliphatic hydroxyl groups is 1. The summed E-state index contributed by atoms with van der Waals surface area (Å²) >= 11 is 0. The maximum absolute atomic E-state index is 14.0. The van der Waals surface area contributed by atoms with Crippen LogP contribution in [0.3, 0.4) is 0 Å². The van der Waals surface area contributed by atoms with Crippen molar-refractivity contribution in [2.45, 2.75) is 110 Å². The lowest BCUT2D eigenvalue weighted by Crippen LogP contribution is -2.62. The average molecular weight is 480 g/mol. The Balaban J connectivity index is 2.09. The van der Waals surface area contributed by atoms with E-state index in [2.05, 4.69) is 31.4 Å². The van der Waals surface area contributed by atoms with Gasteiger partial charge in [-0.25, -0.2) is 0 Å². The maximum Gasteiger partial charge on any atom is 0.246 e. The van der Waals surface area contributed by atoms with E-state index in [0.717, 1.165) is 12.8 Å². The molecule has 1 spiro atoms. The van der Waals surface area contributed by atoms with Crippen molar-refractivity contribution in [1.29, 1.82) is 0 Å². The molecule has 3 N–H and O–H groups in total. The Bertz CT molecular complexity index is 837. The molecule has 0 aromatic heterocycles. The zero-order valence-electron chi connectivity index (χ0n) is 22.4. The van der Waals surface area contributed by atoms with Crippen LogP contribution in [0.5, 0.6) is 0 Å². The molecular weight excluding hydrogens is 434 g/mol. The third-order valence-corrected chi connectivity index (χ3v) is 8.27. The lowest BCUT2D eigenvalue weighted by molar-refractivity contribution is -0.151. The summed E-state index contributed by atoms with van der Waals surface area (Å²) < 4.78 is 6.60. The number of ether oxygens (including phenoxy) is 1. The number of amides is 3. The van der Waals surface area contributed by atoms with Gasteiger partial charge in [-0.05, 0) is 51.4 Å². The molecule has 2 unspecified atom stereocenters. The Morgan fingerprint density at radius 3 is 2.32 bits per heavy atom. The van der Waals surface area contributed by atoms with Gasteiger partial charge in [-0.1, -0.05) is 41.0 Å². The SMILES string of the molecule is CC[C@H](C)[C@H](CO)N1C(=O)[C@@H]2[C@@H](C(=O)NC)[C@@]3(C)CCC2(O3)C1C(=O)NC(C)(C)CC(C)(C)C. The molecular formula is C26H45N3O5. The molecule has 0 aromatic rings. The van der Waals surface area contributed by atoms with Crippen LogP contribution in [-0.4, -0.2) is 70.2 Å². The van der Waals surface area contributed by atoms with Gasteiger partial charge in [0.2, 0.25) is 17.7 Å². The first-order valence-corrected chi connectivity index (χ1v) is 12.7. The Kier molecular flexibility index (Phi) is 6.94. The molecule has 0 radical (unpaired) electrons. The molecule has 2 bridgehead atoms. The van der Waals surface area contributed by atoms with E-state index in [4.69, 9.17) is 4.74 Å². The molecule has 8 nitrogen and oxygen atoms in total. The fraction of sp³-hybridized carbons (Fsp3) is 0.885. The molecule has 3 fully saturated rings. The molecule has 194 valence electrons. The van der Waals surface area contributed by atoms with Gasteiger partial charge in [0, 0.05) is 12.6 Å². The zero-order chi connectivity index (χ0) is 25.9. The Hall–Kier alpha value is -1.67. The van der Waals surface area contributed by atoms with Gasteiger partial charge in [0.15, 0.2) is 0 Å². The monoisotopic (exact) mass is 479 g/mol. The van der Waals surface area contributed by atoms with Crippen LogP contribution < -0.4 is 10.6 Å². The first kappa shape index (κ1) is 26.9. The summed E-state index contributed by atoms with van der Waals surface area (Å²) in [5, 5.41) is 16.3. The van der Waals surface area contributed by atoms with Crippen molar-refractivity contribution in [2.75, 3.05) is 13.7 Å². The van der Waals surface area contributed by atoms with E-state index in [1.165, 1.54) is 0 Å². The fourth-order valence-corrected chi connectivity index (χ4v) is 7.16. The van der Waals surface area contributed by atoms with Gasteiger partial charge in [0.1, 0.15) is 11.6 Å². The van der Waals surface area contributed by atoms with Gasteiger partial charge >= 0.3 is 0 Å². The molecule has 7 atom stereocenters. The van der Waals surface area contributed by atoms with Crippen molar-refractivity contribution in [3.63, 3.8) is 0 Å². The van der Waals surface area contributed by atoms with Crippen molar-refractivity contribution in [3.8, 4) is 0 Å².